The molecule has 1 amide bonds. The van der Waals surface area contributed by atoms with Gasteiger partial charge in [-0.05, 0) is 12.8 Å². The average Bonchev–Trinajstić information content (AvgIpc) is 2.46. The van der Waals surface area contributed by atoms with Gasteiger partial charge in [-0.1, -0.05) is 19.9 Å². The molecule has 1 rings (SSSR count). The summed E-state index contributed by atoms with van der Waals surface area (Å²) < 4.78 is 10.8. The number of carbonyl (C=O) groups excluding carboxylic acids is 2. The van der Waals surface area contributed by atoms with Gasteiger partial charge in [-0.15, -0.1) is 0 Å². The van der Waals surface area contributed by atoms with E-state index in [1.165, 1.54) is 14.0 Å². The molecular weight excluding hydrogens is 272 g/mol. The maximum Gasteiger partial charge on any atom is 0.333 e. The predicted molar refractivity (Wildman–Crippen MR) is 79.5 cm³/mol. The van der Waals surface area contributed by atoms with Crippen LogP contribution in [0.5, 0.6) is 0 Å². The number of methoxy groups -OCH3 is 1. The third kappa shape index (κ3) is 4.82. The maximum atomic E-state index is 11.7. The van der Waals surface area contributed by atoms with Crippen LogP contribution in [0.3, 0.4) is 0 Å². The minimum absolute atomic E-state index is 0.0791. The van der Waals surface area contributed by atoms with E-state index in [0.717, 1.165) is 12.8 Å². The fourth-order valence-electron chi connectivity index (χ4n) is 2.56. The third-order valence-electron chi connectivity index (χ3n) is 3.73. The van der Waals surface area contributed by atoms with Gasteiger partial charge in [0, 0.05) is 25.0 Å². The number of nitrogens with two attached hydrogens (primary N) is 1. The summed E-state index contributed by atoms with van der Waals surface area (Å²) in [6, 6.07) is -0.812. The molecule has 1 aliphatic rings. The van der Waals surface area contributed by atoms with E-state index in [9.17, 15) is 9.59 Å². The van der Waals surface area contributed by atoms with E-state index in [0.29, 0.717) is 12.0 Å². The Morgan fingerprint density at radius 1 is 1.43 bits per heavy atom. The molecule has 0 aromatic carbocycles. The molecule has 21 heavy (non-hydrogen) atoms. The minimum Gasteiger partial charge on any atom is -0.466 e. The van der Waals surface area contributed by atoms with Gasteiger partial charge in [0.05, 0.1) is 25.4 Å². The molecular formula is C15H26N2O4. The molecule has 3 N–H and O–H groups in total. The summed E-state index contributed by atoms with van der Waals surface area (Å²) >= 11 is 0. The van der Waals surface area contributed by atoms with Crippen LogP contribution in [0.4, 0.5) is 0 Å². The van der Waals surface area contributed by atoms with Gasteiger partial charge in [0.2, 0.25) is 5.91 Å². The van der Waals surface area contributed by atoms with E-state index in [1.807, 2.05) is 13.8 Å². The fourth-order valence-corrected chi connectivity index (χ4v) is 2.56. The summed E-state index contributed by atoms with van der Waals surface area (Å²) in [7, 11) is 1.34. The highest BCUT2D eigenvalue weighted by Crippen LogP contribution is 2.24. The van der Waals surface area contributed by atoms with Crippen molar-refractivity contribution in [2.24, 2.45) is 5.73 Å². The zero-order valence-corrected chi connectivity index (χ0v) is 13.2. The number of carbonyl (C=O) groups is 2. The third-order valence-corrected chi connectivity index (χ3v) is 3.73. The molecule has 3 atom stereocenters. The molecule has 0 aromatic rings. The number of rotatable bonds is 6. The SMILES string of the molecule is CCC(CC)OC1CC(C(=O)OC)=CC(N)C1NC(C)=O. The molecule has 1 aliphatic carbocycles. The van der Waals surface area contributed by atoms with E-state index in [-0.39, 0.29) is 24.2 Å². The number of hydrogen-bond acceptors (Lipinski definition) is 5. The summed E-state index contributed by atoms with van der Waals surface area (Å²) in [5, 5.41) is 2.83. The van der Waals surface area contributed by atoms with Crippen LogP contribution >= 0.6 is 0 Å². The Morgan fingerprint density at radius 3 is 2.52 bits per heavy atom. The normalized spacial score (nSPS) is 25.4. The summed E-state index contributed by atoms with van der Waals surface area (Å²) in [6.45, 7) is 5.53. The molecule has 0 aromatic heterocycles. The topological polar surface area (TPSA) is 90.7 Å². The first-order valence-corrected chi connectivity index (χ1v) is 7.40. The van der Waals surface area contributed by atoms with E-state index in [1.54, 1.807) is 6.08 Å². The quantitative estimate of drug-likeness (QED) is 0.711. The molecule has 6 nitrogen and oxygen atoms in total. The number of hydrogen-bond donors (Lipinski definition) is 2. The monoisotopic (exact) mass is 298 g/mol. The van der Waals surface area contributed by atoms with Gasteiger partial charge in [0.1, 0.15) is 0 Å². The average molecular weight is 298 g/mol. The Morgan fingerprint density at radius 2 is 2.05 bits per heavy atom. The first kappa shape index (κ1) is 17.7. The molecule has 0 saturated heterocycles. The number of esters is 1. The summed E-state index contributed by atoms with van der Waals surface area (Å²) in [5.41, 5.74) is 6.58. The van der Waals surface area contributed by atoms with Gasteiger partial charge in [-0.2, -0.15) is 0 Å². The van der Waals surface area contributed by atoms with Crippen LogP contribution in [0, 0.1) is 0 Å². The van der Waals surface area contributed by atoms with Crippen LogP contribution in [-0.4, -0.2) is 43.3 Å². The molecule has 6 heteroatoms. The number of ether oxygens (including phenoxy) is 2. The van der Waals surface area contributed by atoms with Crippen molar-refractivity contribution in [1.29, 1.82) is 0 Å². The van der Waals surface area contributed by atoms with Crippen molar-refractivity contribution < 1.29 is 19.1 Å². The zero-order valence-electron chi connectivity index (χ0n) is 13.2. The molecule has 0 fully saturated rings. The van der Waals surface area contributed by atoms with Gasteiger partial charge in [-0.3, -0.25) is 4.79 Å². The highest BCUT2D eigenvalue weighted by atomic mass is 16.5. The van der Waals surface area contributed by atoms with Crippen molar-refractivity contribution >= 4 is 11.9 Å². The number of nitrogens with one attached hydrogen (secondary N) is 1. The van der Waals surface area contributed by atoms with Gasteiger partial charge < -0.3 is 20.5 Å². The largest absolute Gasteiger partial charge is 0.466 e. The molecule has 3 unspecified atom stereocenters. The van der Waals surface area contributed by atoms with Gasteiger partial charge in [0.25, 0.3) is 0 Å². The first-order valence-electron chi connectivity index (χ1n) is 7.40. The lowest BCUT2D eigenvalue weighted by Gasteiger charge is -2.37. The van der Waals surface area contributed by atoms with Crippen LogP contribution in [0.1, 0.15) is 40.0 Å². The van der Waals surface area contributed by atoms with Crippen LogP contribution < -0.4 is 11.1 Å². The molecule has 0 spiro atoms. The molecule has 120 valence electrons. The number of amides is 1. The van der Waals surface area contributed by atoms with Gasteiger partial charge in [-0.25, -0.2) is 4.79 Å². The second kappa shape index (κ2) is 8.14. The Kier molecular flexibility index (Phi) is 6.84. The van der Waals surface area contributed by atoms with Crippen LogP contribution in [0.25, 0.3) is 0 Å². The summed E-state index contributed by atoms with van der Waals surface area (Å²) in [4.78, 5) is 23.1. The van der Waals surface area contributed by atoms with Crippen LogP contribution in [-0.2, 0) is 19.1 Å². The smallest absolute Gasteiger partial charge is 0.333 e. The molecule has 0 aliphatic heterocycles. The molecule has 0 radical (unpaired) electrons. The van der Waals surface area contributed by atoms with Gasteiger partial charge in [0.15, 0.2) is 0 Å². The fraction of sp³-hybridized carbons (Fsp3) is 0.733. The van der Waals surface area contributed by atoms with Crippen LogP contribution in [0.2, 0.25) is 0 Å². The van der Waals surface area contributed by atoms with E-state index in [4.69, 9.17) is 15.2 Å². The lowest BCUT2D eigenvalue weighted by atomic mass is 9.88. The Bertz CT molecular complexity index is 404. The molecule has 0 bridgehead atoms. The highest BCUT2D eigenvalue weighted by Gasteiger charge is 2.36. The molecule has 0 saturated carbocycles. The summed E-state index contributed by atoms with van der Waals surface area (Å²) in [6.07, 6.45) is 3.53. The Balaban J connectivity index is 2.94. The van der Waals surface area contributed by atoms with Crippen molar-refractivity contribution in [2.75, 3.05) is 7.11 Å². The van der Waals surface area contributed by atoms with Crippen molar-refractivity contribution in [3.05, 3.63) is 11.6 Å². The predicted octanol–water partition coefficient (Wildman–Crippen LogP) is 0.895. The maximum absolute atomic E-state index is 11.7. The zero-order chi connectivity index (χ0) is 16.0. The highest BCUT2D eigenvalue weighted by molar-refractivity contribution is 5.89. The van der Waals surface area contributed by atoms with Crippen molar-refractivity contribution in [1.82, 2.24) is 5.32 Å². The Labute approximate surface area is 126 Å². The van der Waals surface area contributed by atoms with Crippen LogP contribution in [0.15, 0.2) is 11.6 Å². The van der Waals surface area contributed by atoms with Crippen molar-refractivity contribution in [2.45, 2.75) is 64.3 Å². The summed E-state index contributed by atoms with van der Waals surface area (Å²) in [5.74, 6) is -0.562. The van der Waals surface area contributed by atoms with Crippen molar-refractivity contribution in [3.8, 4) is 0 Å². The second-order valence-electron chi connectivity index (χ2n) is 5.30. The minimum atomic E-state index is -0.476. The van der Waals surface area contributed by atoms with Crippen molar-refractivity contribution in [3.63, 3.8) is 0 Å². The standard InChI is InChI=1S/C15H26N2O4/c1-5-11(6-2)21-13-8-10(15(19)20-4)7-12(16)14(13)17-9(3)18/h7,11-14H,5-6,8,16H2,1-4H3,(H,17,18). The molecule has 0 heterocycles. The Hall–Kier alpha value is -1.40. The van der Waals surface area contributed by atoms with E-state index in [2.05, 4.69) is 5.32 Å². The lowest BCUT2D eigenvalue weighted by Crippen LogP contribution is -2.57. The second-order valence-corrected chi connectivity index (χ2v) is 5.30. The van der Waals surface area contributed by atoms with E-state index >= 15 is 0 Å². The first-order chi connectivity index (χ1) is 9.92. The van der Waals surface area contributed by atoms with E-state index < -0.39 is 12.0 Å². The lowest BCUT2D eigenvalue weighted by molar-refractivity contribution is -0.137. The van der Waals surface area contributed by atoms with Gasteiger partial charge >= 0.3 is 5.97 Å².